The van der Waals surface area contributed by atoms with E-state index < -0.39 is 0 Å². The lowest BCUT2D eigenvalue weighted by atomic mass is 9.92. The van der Waals surface area contributed by atoms with Gasteiger partial charge in [0.05, 0.1) is 12.8 Å². The van der Waals surface area contributed by atoms with Crippen LogP contribution in [0, 0.1) is 5.92 Å². The van der Waals surface area contributed by atoms with Crippen molar-refractivity contribution >= 4 is 0 Å². The Balaban J connectivity index is 1.52. The molecule has 3 atom stereocenters. The third-order valence-corrected chi connectivity index (χ3v) is 5.18. The van der Waals surface area contributed by atoms with Crippen molar-refractivity contribution in [2.45, 2.75) is 38.9 Å². The molecule has 1 N–H and O–H groups in total. The molecule has 0 amide bonds. The van der Waals surface area contributed by atoms with Gasteiger partial charge in [-0.05, 0) is 49.1 Å². The van der Waals surface area contributed by atoms with Crippen molar-refractivity contribution in [1.82, 2.24) is 15.2 Å². The summed E-state index contributed by atoms with van der Waals surface area (Å²) >= 11 is 0. The van der Waals surface area contributed by atoms with Crippen molar-refractivity contribution in [3.63, 3.8) is 0 Å². The number of likely N-dealkylation sites (tertiary alicyclic amines) is 1. The van der Waals surface area contributed by atoms with Gasteiger partial charge in [0.15, 0.2) is 0 Å². The minimum Gasteiger partial charge on any atom is -0.497 e. The first kappa shape index (κ1) is 17.9. The first-order chi connectivity index (χ1) is 12.2. The van der Waals surface area contributed by atoms with Crippen LogP contribution in [0.4, 0.5) is 0 Å². The highest BCUT2D eigenvalue weighted by atomic mass is 16.5. The first-order valence-corrected chi connectivity index (χ1v) is 9.18. The van der Waals surface area contributed by atoms with E-state index in [1.807, 2.05) is 24.4 Å². The molecule has 0 spiro atoms. The van der Waals surface area contributed by atoms with E-state index in [1.54, 1.807) is 7.11 Å². The summed E-state index contributed by atoms with van der Waals surface area (Å²) in [7, 11) is 1.71. The largest absolute Gasteiger partial charge is 0.497 e. The van der Waals surface area contributed by atoms with Crippen LogP contribution in [0.25, 0.3) is 0 Å². The lowest BCUT2D eigenvalue weighted by Gasteiger charge is -2.38. The van der Waals surface area contributed by atoms with Gasteiger partial charge in [-0.1, -0.05) is 25.1 Å². The van der Waals surface area contributed by atoms with Crippen molar-refractivity contribution in [2.75, 3.05) is 20.2 Å². The van der Waals surface area contributed by atoms with Crippen LogP contribution in [0.1, 0.15) is 37.6 Å². The highest BCUT2D eigenvalue weighted by Gasteiger charge is 2.27. The maximum absolute atomic E-state index is 5.25. The van der Waals surface area contributed by atoms with E-state index in [9.17, 15) is 0 Å². The molecule has 1 fully saturated rings. The molecular weight excluding hydrogens is 310 g/mol. The van der Waals surface area contributed by atoms with Crippen LogP contribution in [0.3, 0.4) is 0 Å². The van der Waals surface area contributed by atoms with E-state index in [0.29, 0.717) is 18.0 Å². The van der Waals surface area contributed by atoms with E-state index in [4.69, 9.17) is 4.74 Å². The minimum atomic E-state index is 0.348. The van der Waals surface area contributed by atoms with Gasteiger partial charge in [0.1, 0.15) is 5.75 Å². The predicted molar refractivity (Wildman–Crippen MR) is 102 cm³/mol. The average Bonchev–Trinajstić information content (AvgIpc) is 2.65. The monoisotopic (exact) mass is 339 g/mol. The Morgan fingerprint density at radius 3 is 2.68 bits per heavy atom. The number of aromatic nitrogens is 1. The SMILES string of the molecule is COc1ccc([C@H](C)N[C@H]2CCN(Cc3ccccn3)C[C@H]2C)cc1. The maximum atomic E-state index is 5.25. The molecule has 0 saturated carbocycles. The zero-order valence-electron chi connectivity index (χ0n) is 15.5. The molecule has 3 rings (SSSR count). The number of hydrogen-bond acceptors (Lipinski definition) is 4. The van der Waals surface area contributed by atoms with Gasteiger partial charge in [0, 0.05) is 37.9 Å². The molecule has 0 radical (unpaired) electrons. The topological polar surface area (TPSA) is 37.4 Å². The minimum absolute atomic E-state index is 0.348. The normalized spacial score (nSPS) is 22.5. The van der Waals surface area contributed by atoms with Gasteiger partial charge in [-0.25, -0.2) is 0 Å². The summed E-state index contributed by atoms with van der Waals surface area (Å²) in [4.78, 5) is 6.97. The molecule has 25 heavy (non-hydrogen) atoms. The fraction of sp³-hybridized carbons (Fsp3) is 0.476. The number of hydrogen-bond donors (Lipinski definition) is 1. The first-order valence-electron chi connectivity index (χ1n) is 9.18. The van der Waals surface area contributed by atoms with Gasteiger partial charge < -0.3 is 10.1 Å². The molecule has 1 saturated heterocycles. The molecule has 134 valence electrons. The van der Waals surface area contributed by atoms with Crippen LogP contribution in [0.2, 0.25) is 0 Å². The van der Waals surface area contributed by atoms with E-state index >= 15 is 0 Å². The van der Waals surface area contributed by atoms with E-state index in [2.05, 4.69) is 53.3 Å². The van der Waals surface area contributed by atoms with Crippen LogP contribution < -0.4 is 10.1 Å². The molecule has 0 unspecified atom stereocenters. The predicted octanol–water partition coefficient (Wildman–Crippen LogP) is 3.65. The number of pyridine rings is 1. The fourth-order valence-corrected chi connectivity index (χ4v) is 3.65. The Bertz CT molecular complexity index is 644. The Kier molecular flexibility index (Phi) is 6.05. The Hall–Kier alpha value is -1.91. The van der Waals surface area contributed by atoms with Crippen LogP contribution >= 0.6 is 0 Å². The number of piperidine rings is 1. The van der Waals surface area contributed by atoms with Gasteiger partial charge in [-0.2, -0.15) is 0 Å². The Morgan fingerprint density at radius 1 is 1.24 bits per heavy atom. The van der Waals surface area contributed by atoms with Crippen LogP contribution in [0.5, 0.6) is 5.75 Å². The van der Waals surface area contributed by atoms with Crippen molar-refractivity contribution in [2.24, 2.45) is 5.92 Å². The zero-order valence-corrected chi connectivity index (χ0v) is 15.5. The molecular formula is C21H29N3O. The van der Waals surface area contributed by atoms with E-state index in [0.717, 1.165) is 31.1 Å². The van der Waals surface area contributed by atoms with E-state index in [-0.39, 0.29) is 0 Å². The molecule has 4 nitrogen and oxygen atoms in total. The summed E-state index contributed by atoms with van der Waals surface area (Å²) < 4.78 is 5.25. The second kappa shape index (κ2) is 8.45. The van der Waals surface area contributed by atoms with Gasteiger partial charge in [-0.3, -0.25) is 9.88 Å². The summed E-state index contributed by atoms with van der Waals surface area (Å²) in [5, 5.41) is 3.82. The summed E-state index contributed by atoms with van der Waals surface area (Å²) in [5.41, 5.74) is 2.47. The second-order valence-electron chi connectivity index (χ2n) is 7.09. The number of rotatable bonds is 6. The van der Waals surface area contributed by atoms with Crippen LogP contribution in [0.15, 0.2) is 48.7 Å². The zero-order chi connectivity index (χ0) is 17.6. The maximum Gasteiger partial charge on any atom is 0.118 e. The Morgan fingerprint density at radius 2 is 2.04 bits per heavy atom. The highest BCUT2D eigenvalue weighted by molar-refractivity contribution is 5.28. The second-order valence-corrected chi connectivity index (χ2v) is 7.09. The van der Waals surface area contributed by atoms with Crippen molar-refractivity contribution < 1.29 is 4.74 Å². The highest BCUT2D eigenvalue weighted by Crippen LogP contribution is 2.23. The molecule has 2 aromatic rings. The summed E-state index contributed by atoms with van der Waals surface area (Å²) in [5.74, 6) is 1.53. The third-order valence-electron chi connectivity index (χ3n) is 5.18. The smallest absolute Gasteiger partial charge is 0.118 e. The van der Waals surface area contributed by atoms with E-state index in [1.165, 1.54) is 12.0 Å². The average molecular weight is 339 g/mol. The summed E-state index contributed by atoms with van der Waals surface area (Å²) in [6.07, 6.45) is 3.05. The molecule has 4 heteroatoms. The van der Waals surface area contributed by atoms with Gasteiger partial charge >= 0.3 is 0 Å². The molecule has 0 aliphatic carbocycles. The number of ether oxygens (including phenoxy) is 1. The third kappa shape index (κ3) is 4.80. The molecule has 1 aliphatic rings. The fourth-order valence-electron chi connectivity index (χ4n) is 3.65. The van der Waals surface area contributed by atoms with Gasteiger partial charge in [0.2, 0.25) is 0 Å². The summed E-state index contributed by atoms with van der Waals surface area (Å²) in [6.45, 7) is 7.78. The number of nitrogens with zero attached hydrogens (tertiary/aromatic N) is 2. The number of benzene rings is 1. The van der Waals surface area contributed by atoms with Crippen molar-refractivity contribution in [3.05, 3.63) is 59.9 Å². The molecule has 1 aromatic carbocycles. The van der Waals surface area contributed by atoms with Crippen molar-refractivity contribution in [1.29, 1.82) is 0 Å². The van der Waals surface area contributed by atoms with Crippen molar-refractivity contribution in [3.8, 4) is 5.75 Å². The number of nitrogens with one attached hydrogen (secondary N) is 1. The molecule has 1 aromatic heterocycles. The molecule has 0 bridgehead atoms. The quantitative estimate of drug-likeness (QED) is 0.872. The summed E-state index contributed by atoms with van der Waals surface area (Å²) in [6, 6.07) is 15.4. The lowest BCUT2D eigenvalue weighted by molar-refractivity contribution is 0.134. The van der Waals surface area contributed by atoms with Crippen LogP contribution in [-0.2, 0) is 6.54 Å². The molecule has 2 heterocycles. The molecule has 1 aliphatic heterocycles. The van der Waals surface area contributed by atoms with Gasteiger partial charge in [0.25, 0.3) is 0 Å². The number of methoxy groups -OCH3 is 1. The van der Waals surface area contributed by atoms with Crippen LogP contribution in [-0.4, -0.2) is 36.1 Å². The lowest BCUT2D eigenvalue weighted by Crippen LogP contribution is -2.48. The Labute approximate surface area is 151 Å². The standard InChI is InChI=1S/C21H29N3O/c1-16-14-24(15-19-6-4-5-12-22-19)13-11-21(16)23-17(2)18-7-9-20(25-3)10-8-18/h4-10,12,16-17,21,23H,11,13-15H2,1-3H3/t16-,17+,21+/m1/s1. The van der Waals surface area contributed by atoms with Gasteiger partial charge in [-0.15, -0.1) is 0 Å².